The predicted molar refractivity (Wildman–Crippen MR) is 80.9 cm³/mol. The van der Waals surface area contributed by atoms with Crippen LogP contribution in [-0.2, 0) is 9.47 Å². The largest absolute Gasteiger partial charge is 0.378 e. The van der Waals surface area contributed by atoms with Crippen molar-refractivity contribution in [3.05, 3.63) is 0 Å². The molecule has 2 N–H and O–H groups in total. The molecular formula is C15H31N3O2. The van der Waals surface area contributed by atoms with Crippen LogP contribution in [0.1, 0.15) is 26.2 Å². The van der Waals surface area contributed by atoms with Crippen LogP contribution in [0.2, 0.25) is 0 Å². The monoisotopic (exact) mass is 285 g/mol. The Morgan fingerprint density at radius 3 is 2.70 bits per heavy atom. The number of hydrogen-bond donors (Lipinski definition) is 1. The molecule has 2 rings (SSSR count). The maximum absolute atomic E-state index is 5.89. The summed E-state index contributed by atoms with van der Waals surface area (Å²) in [6, 6.07) is 0. The van der Waals surface area contributed by atoms with E-state index in [9.17, 15) is 0 Å². The molecule has 0 radical (unpaired) electrons. The van der Waals surface area contributed by atoms with Gasteiger partial charge in [-0.25, -0.2) is 0 Å². The Bertz CT molecular complexity index is 258. The molecule has 5 heteroatoms. The van der Waals surface area contributed by atoms with Gasteiger partial charge in [0.1, 0.15) is 0 Å². The number of likely N-dealkylation sites (tertiary alicyclic amines) is 1. The standard InChI is InChI=1S/C15H31N3O2/c1-2-17-9-11-20-15(12-17)13-18-7-4-14(5-8-18)19-10-3-6-16/h14-15H,2-13,16H2,1H3. The topological polar surface area (TPSA) is 51.0 Å². The van der Waals surface area contributed by atoms with E-state index in [2.05, 4.69) is 16.7 Å². The van der Waals surface area contributed by atoms with E-state index < -0.39 is 0 Å². The van der Waals surface area contributed by atoms with E-state index in [1.54, 1.807) is 0 Å². The molecule has 2 aliphatic heterocycles. The summed E-state index contributed by atoms with van der Waals surface area (Å²) in [6.07, 6.45) is 4.10. The van der Waals surface area contributed by atoms with Crippen molar-refractivity contribution in [1.29, 1.82) is 0 Å². The van der Waals surface area contributed by atoms with E-state index in [0.29, 0.717) is 12.2 Å². The predicted octanol–water partition coefficient (Wildman–Crippen LogP) is 0.537. The van der Waals surface area contributed by atoms with Crippen LogP contribution in [-0.4, -0.2) is 81.0 Å². The lowest BCUT2D eigenvalue weighted by molar-refractivity contribution is -0.0537. The number of rotatable bonds is 7. The number of morpholine rings is 1. The molecule has 0 spiro atoms. The van der Waals surface area contributed by atoms with E-state index in [4.69, 9.17) is 15.2 Å². The van der Waals surface area contributed by atoms with Gasteiger partial charge in [-0.3, -0.25) is 4.90 Å². The first kappa shape index (κ1) is 16.2. The van der Waals surface area contributed by atoms with Gasteiger partial charge in [0.2, 0.25) is 0 Å². The van der Waals surface area contributed by atoms with Gasteiger partial charge in [0, 0.05) is 39.3 Å². The van der Waals surface area contributed by atoms with Gasteiger partial charge < -0.3 is 20.1 Å². The molecule has 0 saturated carbocycles. The molecule has 2 heterocycles. The molecule has 1 atom stereocenters. The lowest BCUT2D eigenvalue weighted by Crippen LogP contribution is -2.49. The molecule has 0 aliphatic carbocycles. The normalized spacial score (nSPS) is 27.0. The summed E-state index contributed by atoms with van der Waals surface area (Å²) >= 11 is 0. The van der Waals surface area contributed by atoms with Crippen molar-refractivity contribution in [2.24, 2.45) is 5.73 Å². The maximum Gasteiger partial charge on any atom is 0.0829 e. The fraction of sp³-hybridized carbons (Fsp3) is 1.00. The van der Waals surface area contributed by atoms with Gasteiger partial charge in [-0.2, -0.15) is 0 Å². The minimum atomic E-state index is 0.387. The average molecular weight is 285 g/mol. The first-order valence-electron chi connectivity index (χ1n) is 8.19. The lowest BCUT2D eigenvalue weighted by atomic mass is 10.1. The van der Waals surface area contributed by atoms with E-state index in [-0.39, 0.29) is 0 Å². The highest BCUT2D eigenvalue weighted by Gasteiger charge is 2.25. The van der Waals surface area contributed by atoms with Gasteiger partial charge in [-0.1, -0.05) is 6.92 Å². The van der Waals surface area contributed by atoms with Crippen molar-refractivity contribution in [2.45, 2.75) is 38.4 Å². The summed E-state index contributed by atoms with van der Waals surface area (Å²) < 4.78 is 11.7. The molecule has 0 aromatic heterocycles. The summed E-state index contributed by atoms with van der Waals surface area (Å²) in [7, 11) is 0. The Hall–Kier alpha value is -0.200. The molecule has 1 unspecified atom stereocenters. The molecule has 0 amide bonds. The molecule has 5 nitrogen and oxygen atoms in total. The minimum Gasteiger partial charge on any atom is -0.378 e. The Kier molecular flexibility index (Phi) is 7.24. The van der Waals surface area contributed by atoms with Crippen molar-refractivity contribution in [3.8, 4) is 0 Å². The Morgan fingerprint density at radius 2 is 2.00 bits per heavy atom. The quantitative estimate of drug-likeness (QED) is 0.692. The van der Waals surface area contributed by atoms with Crippen molar-refractivity contribution in [1.82, 2.24) is 9.80 Å². The summed E-state index contributed by atoms with van der Waals surface area (Å²) in [6.45, 7) is 11.3. The number of nitrogens with two attached hydrogens (primary N) is 1. The van der Waals surface area contributed by atoms with Gasteiger partial charge in [0.05, 0.1) is 18.8 Å². The molecule has 2 aliphatic rings. The summed E-state index contributed by atoms with van der Waals surface area (Å²) in [5.74, 6) is 0. The van der Waals surface area contributed by atoms with E-state index in [0.717, 1.165) is 78.3 Å². The van der Waals surface area contributed by atoms with Crippen LogP contribution in [0.15, 0.2) is 0 Å². The first-order valence-corrected chi connectivity index (χ1v) is 8.19. The fourth-order valence-electron chi connectivity index (χ4n) is 3.06. The molecule has 0 aromatic rings. The van der Waals surface area contributed by atoms with Crippen LogP contribution in [0.3, 0.4) is 0 Å². The molecule has 20 heavy (non-hydrogen) atoms. The smallest absolute Gasteiger partial charge is 0.0829 e. The third kappa shape index (κ3) is 5.30. The Labute approximate surface area is 123 Å². The second-order valence-corrected chi connectivity index (χ2v) is 5.90. The van der Waals surface area contributed by atoms with Gasteiger partial charge in [0.25, 0.3) is 0 Å². The minimum absolute atomic E-state index is 0.387. The Balaban J connectivity index is 1.61. The van der Waals surface area contributed by atoms with Crippen LogP contribution >= 0.6 is 0 Å². The zero-order valence-corrected chi connectivity index (χ0v) is 12.9. The molecule has 118 valence electrons. The zero-order chi connectivity index (χ0) is 14.2. The maximum atomic E-state index is 5.89. The number of piperidine rings is 1. The van der Waals surface area contributed by atoms with Crippen molar-refractivity contribution < 1.29 is 9.47 Å². The molecule has 0 aromatic carbocycles. The van der Waals surface area contributed by atoms with Crippen molar-refractivity contribution in [2.75, 3.05) is 59.0 Å². The second kappa shape index (κ2) is 8.95. The number of ether oxygens (including phenoxy) is 2. The number of likely N-dealkylation sites (N-methyl/N-ethyl adjacent to an activating group) is 1. The average Bonchev–Trinajstić information content (AvgIpc) is 2.49. The SMILES string of the molecule is CCN1CCOC(CN2CCC(OCCCN)CC2)C1. The Morgan fingerprint density at radius 1 is 1.20 bits per heavy atom. The molecular weight excluding hydrogens is 254 g/mol. The van der Waals surface area contributed by atoms with Crippen LogP contribution in [0, 0.1) is 0 Å². The highest BCUT2D eigenvalue weighted by Crippen LogP contribution is 2.16. The third-order valence-electron chi connectivity index (χ3n) is 4.37. The van der Waals surface area contributed by atoms with Crippen LogP contribution in [0.4, 0.5) is 0 Å². The van der Waals surface area contributed by atoms with Crippen LogP contribution < -0.4 is 5.73 Å². The highest BCUT2D eigenvalue weighted by atomic mass is 16.5. The van der Waals surface area contributed by atoms with Crippen LogP contribution in [0.5, 0.6) is 0 Å². The third-order valence-corrected chi connectivity index (χ3v) is 4.37. The van der Waals surface area contributed by atoms with Crippen molar-refractivity contribution >= 4 is 0 Å². The van der Waals surface area contributed by atoms with E-state index in [1.807, 2.05) is 0 Å². The second-order valence-electron chi connectivity index (χ2n) is 5.90. The summed E-state index contributed by atoms with van der Waals surface area (Å²) in [4.78, 5) is 5.02. The summed E-state index contributed by atoms with van der Waals surface area (Å²) in [5, 5.41) is 0. The van der Waals surface area contributed by atoms with E-state index in [1.165, 1.54) is 0 Å². The number of hydrogen-bond acceptors (Lipinski definition) is 5. The molecule has 2 saturated heterocycles. The fourth-order valence-corrected chi connectivity index (χ4v) is 3.06. The van der Waals surface area contributed by atoms with Crippen LogP contribution in [0.25, 0.3) is 0 Å². The zero-order valence-electron chi connectivity index (χ0n) is 12.9. The molecule has 2 fully saturated rings. The number of nitrogens with zero attached hydrogens (tertiary/aromatic N) is 2. The van der Waals surface area contributed by atoms with Gasteiger partial charge >= 0.3 is 0 Å². The first-order chi connectivity index (χ1) is 9.81. The summed E-state index contributed by atoms with van der Waals surface area (Å²) in [5.41, 5.74) is 5.49. The van der Waals surface area contributed by atoms with Crippen molar-refractivity contribution in [3.63, 3.8) is 0 Å². The van der Waals surface area contributed by atoms with Gasteiger partial charge in [-0.15, -0.1) is 0 Å². The van der Waals surface area contributed by atoms with Gasteiger partial charge in [0.15, 0.2) is 0 Å². The van der Waals surface area contributed by atoms with Gasteiger partial charge in [-0.05, 0) is 32.4 Å². The molecule has 0 bridgehead atoms. The highest BCUT2D eigenvalue weighted by molar-refractivity contribution is 4.78. The van der Waals surface area contributed by atoms with E-state index >= 15 is 0 Å². The lowest BCUT2D eigenvalue weighted by Gasteiger charge is -2.37.